The van der Waals surface area contributed by atoms with Crippen LogP contribution in [0.3, 0.4) is 0 Å². The lowest BCUT2D eigenvalue weighted by molar-refractivity contribution is -0.119. The van der Waals surface area contributed by atoms with Gasteiger partial charge in [0.1, 0.15) is 5.71 Å². The monoisotopic (exact) mass is 313 g/mol. The Kier molecular flexibility index (Phi) is 4.20. The van der Waals surface area contributed by atoms with Crippen LogP contribution in [0, 0.1) is 19.8 Å². The normalized spacial score (nSPS) is 24.0. The molecular weight excluding hydrogens is 290 g/mol. The molecule has 1 aliphatic heterocycles. The van der Waals surface area contributed by atoms with Crippen molar-refractivity contribution in [1.29, 1.82) is 0 Å². The summed E-state index contributed by atoms with van der Waals surface area (Å²) >= 11 is 0. The third kappa shape index (κ3) is 3.28. The number of rotatable bonds is 3. The first-order valence-corrected chi connectivity index (χ1v) is 8.22. The molecule has 5 nitrogen and oxygen atoms in total. The van der Waals surface area contributed by atoms with E-state index >= 15 is 0 Å². The number of carbonyl (C=O) groups excluding carboxylic acids is 2. The van der Waals surface area contributed by atoms with E-state index in [2.05, 4.69) is 17.3 Å². The number of nitrogens with zero attached hydrogens (tertiary/aromatic N) is 2. The van der Waals surface area contributed by atoms with E-state index in [1.165, 1.54) is 5.01 Å². The van der Waals surface area contributed by atoms with Crippen molar-refractivity contribution in [2.24, 2.45) is 11.0 Å². The van der Waals surface area contributed by atoms with Gasteiger partial charge in [-0.1, -0.05) is 19.1 Å². The highest BCUT2D eigenvalue weighted by Crippen LogP contribution is 2.27. The third-order valence-corrected chi connectivity index (χ3v) is 4.60. The summed E-state index contributed by atoms with van der Waals surface area (Å²) in [5.74, 6) is 0.485. The zero-order valence-corrected chi connectivity index (χ0v) is 13.9. The number of hydrazone groups is 1. The highest BCUT2D eigenvalue weighted by atomic mass is 16.2. The van der Waals surface area contributed by atoms with Gasteiger partial charge in [0.2, 0.25) is 5.91 Å². The fraction of sp³-hybridized carbons (Fsp3) is 0.500. The fourth-order valence-corrected chi connectivity index (χ4v) is 3.14. The number of anilines is 1. The first kappa shape index (κ1) is 15.7. The maximum atomic E-state index is 12.4. The lowest BCUT2D eigenvalue weighted by atomic mass is 9.82. The van der Waals surface area contributed by atoms with Crippen LogP contribution in [0.15, 0.2) is 23.3 Å². The Hall–Kier alpha value is -2.17. The van der Waals surface area contributed by atoms with Crippen molar-refractivity contribution in [3.63, 3.8) is 0 Å². The third-order valence-electron chi connectivity index (χ3n) is 4.60. The van der Waals surface area contributed by atoms with Gasteiger partial charge in [-0.3, -0.25) is 9.59 Å². The van der Waals surface area contributed by atoms with Crippen molar-refractivity contribution in [2.45, 2.75) is 52.5 Å². The zero-order valence-electron chi connectivity index (χ0n) is 13.9. The summed E-state index contributed by atoms with van der Waals surface area (Å²) < 4.78 is 0. The van der Waals surface area contributed by atoms with Crippen LogP contribution in [0.4, 0.5) is 5.69 Å². The van der Waals surface area contributed by atoms with Gasteiger partial charge >= 0.3 is 0 Å². The lowest BCUT2D eigenvalue weighted by Gasteiger charge is -2.33. The van der Waals surface area contributed by atoms with E-state index in [-0.39, 0.29) is 17.9 Å². The second-order valence-corrected chi connectivity index (χ2v) is 6.79. The molecule has 0 bridgehead atoms. The number of amides is 2. The van der Waals surface area contributed by atoms with E-state index in [0.29, 0.717) is 24.5 Å². The molecule has 1 N–H and O–H groups in total. The van der Waals surface area contributed by atoms with Gasteiger partial charge in [0.05, 0.1) is 5.69 Å². The molecule has 1 aromatic rings. The quantitative estimate of drug-likeness (QED) is 0.932. The molecule has 0 saturated heterocycles. The van der Waals surface area contributed by atoms with Gasteiger partial charge in [-0.15, -0.1) is 0 Å². The van der Waals surface area contributed by atoms with E-state index in [1.807, 2.05) is 32.0 Å². The smallest absolute Gasteiger partial charge is 0.267 e. The lowest BCUT2D eigenvalue weighted by Crippen LogP contribution is -2.47. The molecule has 1 heterocycles. The minimum Gasteiger partial charge on any atom is -0.348 e. The molecule has 0 radical (unpaired) electrons. The van der Waals surface area contributed by atoms with Crippen molar-refractivity contribution in [1.82, 2.24) is 5.32 Å². The molecule has 1 aliphatic carbocycles. The molecule has 2 aliphatic rings. The molecule has 0 spiro atoms. The Morgan fingerprint density at radius 3 is 2.70 bits per heavy atom. The van der Waals surface area contributed by atoms with Crippen molar-refractivity contribution in [3.8, 4) is 0 Å². The summed E-state index contributed by atoms with van der Waals surface area (Å²) in [4.78, 5) is 24.6. The SMILES string of the molecule is Cc1ccc(C)c(N2N=C(C(=O)NC3CC(C)C3)CCC2=O)c1. The second kappa shape index (κ2) is 6.14. The predicted octanol–water partition coefficient (Wildman–Crippen LogP) is 2.70. The topological polar surface area (TPSA) is 61.8 Å². The first-order valence-electron chi connectivity index (χ1n) is 8.22. The van der Waals surface area contributed by atoms with Crippen LogP contribution in [0.5, 0.6) is 0 Å². The molecule has 1 saturated carbocycles. The average molecular weight is 313 g/mol. The molecular formula is C18H23N3O2. The molecule has 1 fully saturated rings. The maximum absolute atomic E-state index is 12.4. The summed E-state index contributed by atoms with van der Waals surface area (Å²) in [5, 5.41) is 8.77. The summed E-state index contributed by atoms with van der Waals surface area (Å²) in [6.07, 6.45) is 2.78. The maximum Gasteiger partial charge on any atom is 0.267 e. The van der Waals surface area contributed by atoms with Gasteiger partial charge in [-0.25, -0.2) is 5.01 Å². The van der Waals surface area contributed by atoms with Gasteiger partial charge in [0.25, 0.3) is 5.91 Å². The Morgan fingerprint density at radius 1 is 1.26 bits per heavy atom. The largest absolute Gasteiger partial charge is 0.348 e. The van der Waals surface area contributed by atoms with E-state index in [1.54, 1.807) is 0 Å². The molecule has 2 amide bonds. The van der Waals surface area contributed by atoms with Crippen LogP contribution in [0.1, 0.15) is 43.7 Å². The second-order valence-electron chi connectivity index (χ2n) is 6.79. The molecule has 0 unspecified atom stereocenters. The van der Waals surface area contributed by atoms with E-state index in [4.69, 9.17) is 0 Å². The highest BCUT2D eigenvalue weighted by molar-refractivity contribution is 6.40. The number of benzene rings is 1. The van der Waals surface area contributed by atoms with Crippen LogP contribution < -0.4 is 10.3 Å². The molecule has 0 aromatic heterocycles. The minimum absolute atomic E-state index is 0.0625. The number of hydrogen-bond acceptors (Lipinski definition) is 3. The summed E-state index contributed by atoms with van der Waals surface area (Å²) in [6, 6.07) is 6.16. The minimum atomic E-state index is -0.135. The van der Waals surface area contributed by atoms with E-state index in [0.717, 1.165) is 29.7 Å². The molecule has 3 rings (SSSR count). The van der Waals surface area contributed by atoms with Gasteiger partial charge in [0, 0.05) is 18.9 Å². The summed E-state index contributed by atoms with van der Waals surface area (Å²) in [5.41, 5.74) is 3.25. The van der Waals surface area contributed by atoms with Crippen LogP contribution in [0.25, 0.3) is 0 Å². The van der Waals surface area contributed by atoms with E-state index in [9.17, 15) is 9.59 Å². The van der Waals surface area contributed by atoms with Crippen molar-refractivity contribution < 1.29 is 9.59 Å². The van der Waals surface area contributed by atoms with Crippen LogP contribution in [-0.2, 0) is 9.59 Å². The number of aryl methyl sites for hydroxylation is 2. The Balaban J connectivity index is 1.80. The zero-order chi connectivity index (χ0) is 16.6. The van der Waals surface area contributed by atoms with Crippen molar-refractivity contribution in [3.05, 3.63) is 29.3 Å². The van der Waals surface area contributed by atoms with Crippen LogP contribution in [-0.4, -0.2) is 23.6 Å². The number of hydrogen-bond donors (Lipinski definition) is 1. The Labute approximate surface area is 136 Å². The molecule has 1 aromatic carbocycles. The highest BCUT2D eigenvalue weighted by Gasteiger charge is 2.31. The average Bonchev–Trinajstić information content (AvgIpc) is 2.49. The van der Waals surface area contributed by atoms with Crippen LogP contribution in [0.2, 0.25) is 0 Å². The summed E-state index contributed by atoms with van der Waals surface area (Å²) in [6.45, 7) is 6.11. The molecule has 0 atom stereocenters. The van der Waals surface area contributed by atoms with Crippen molar-refractivity contribution in [2.75, 3.05) is 5.01 Å². The first-order chi connectivity index (χ1) is 10.9. The van der Waals surface area contributed by atoms with Gasteiger partial charge in [-0.05, 0) is 49.8 Å². The van der Waals surface area contributed by atoms with E-state index < -0.39 is 0 Å². The predicted molar refractivity (Wildman–Crippen MR) is 90.4 cm³/mol. The molecule has 5 heteroatoms. The van der Waals surface area contributed by atoms with Gasteiger partial charge in [-0.2, -0.15) is 5.10 Å². The fourth-order valence-electron chi connectivity index (χ4n) is 3.14. The molecule has 122 valence electrons. The number of nitrogens with one attached hydrogen (secondary N) is 1. The molecule has 23 heavy (non-hydrogen) atoms. The Morgan fingerprint density at radius 2 is 2.00 bits per heavy atom. The van der Waals surface area contributed by atoms with Crippen LogP contribution >= 0.6 is 0 Å². The van der Waals surface area contributed by atoms with Gasteiger partial charge < -0.3 is 5.32 Å². The Bertz CT molecular complexity index is 675. The summed E-state index contributed by atoms with van der Waals surface area (Å²) in [7, 11) is 0. The van der Waals surface area contributed by atoms with Crippen molar-refractivity contribution >= 4 is 23.2 Å². The standard InChI is InChI=1S/C18H23N3O2/c1-11-4-5-13(3)16(10-11)21-17(22)7-6-15(20-21)18(23)19-14-8-12(2)9-14/h4-5,10,12,14H,6-9H2,1-3H3,(H,19,23). The number of carbonyl (C=O) groups is 2. The van der Waals surface area contributed by atoms with Gasteiger partial charge in [0.15, 0.2) is 0 Å².